The zero-order valence-electron chi connectivity index (χ0n) is 12.0. The number of anilines is 1. The second kappa shape index (κ2) is 6.61. The lowest BCUT2D eigenvalue weighted by atomic mass is 10.1. The predicted octanol–water partition coefficient (Wildman–Crippen LogP) is 2.45. The summed E-state index contributed by atoms with van der Waals surface area (Å²) in [5.41, 5.74) is 2.56. The van der Waals surface area contributed by atoms with Gasteiger partial charge in [0.25, 0.3) is 0 Å². The van der Waals surface area contributed by atoms with Crippen LogP contribution in [0.15, 0.2) is 29.6 Å². The molecule has 9 heteroatoms. The molecule has 0 amide bonds. The van der Waals surface area contributed by atoms with Crippen LogP contribution in [-0.2, 0) is 12.8 Å². The fourth-order valence-electron chi connectivity index (χ4n) is 1.71. The van der Waals surface area contributed by atoms with Gasteiger partial charge in [-0.1, -0.05) is 0 Å². The Labute approximate surface area is 129 Å². The molecule has 0 unspecified atom stereocenters. The molecule has 122 valence electrons. The van der Waals surface area contributed by atoms with Crippen molar-refractivity contribution in [3.8, 4) is 5.75 Å². The van der Waals surface area contributed by atoms with Gasteiger partial charge in [0.05, 0.1) is 24.1 Å². The van der Waals surface area contributed by atoms with Gasteiger partial charge >= 0.3 is 6.18 Å². The number of hydrogen-bond donors (Lipinski definition) is 3. The quantitative estimate of drug-likeness (QED) is 0.593. The highest BCUT2D eigenvalue weighted by molar-refractivity contribution is 5.86. The third kappa shape index (κ3) is 3.95. The SMILES string of the molecule is Cc1ncc(CO)c(/C=N/Nc2ccc(C(F)(F)F)cn2)c1O. The molecule has 6 nitrogen and oxygen atoms in total. The third-order valence-corrected chi connectivity index (χ3v) is 2.99. The largest absolute Gasteiger partial charge is 0.505 e. The van der Waals surface area contributed by atoms with Crippen molar-refractivity contribution in [3.05, 3.63) is 46.9 Å². The summed E-state index contributed by atoms with van der Waals surface area (Å²) in [7, 11) is 0. The van der Waals surface area contributed by atoms with Crippen LogP contribution < -0.4 is 5.43 Å². The number of aromatic hydroxyl groups is 1. The van der Waals surface area contributed by atoms with E-state index in [1.165, 1.54) is 12.4 Å². The average molecular weight is 326 g/mol. The van der Waals surface area contributed by atoms with Crippen molar-refractivity contribution in [2.24, 2.45) is 5.10 Å². The van der Waals surface area contributed by atoms with Crippen molar-refractivity contribution in [1.82, 2.24) is 9.97 Å². The Morgan fingerprint density at radius 1 is 1.26 bits per heavy atom. The first-order chi connectivity index (χ1) is 10.8. The van der Waals surface area contributed by atoms with Gasteiger partial charge in [-0.15, -0.1) is 0 Å². The predicted molar refractivity (Wildman–Crippen MR) is 77.0 cm³/mol. The van der Waals surface area contributed by atoms with E-state index >= 15 is 0 Å². The Morgan fingerprint density at radius 3 is 2.57 bits per heavy atom. The monoisotopic (exact) mass is 326 g/mol. The molecule has 0 atom stereocenters. The lowest BCUT2D eigenvalue weighted by molar-refractivity contribution is -0.137. The van der Waals surface area contributed by atoms with Gasteiger partial charge in [-0.05, 0) is 19.1 Å². The molecule has 0 saturated heterocycles. The van der Waals surface area contributed by atoms with Gasteiger partial charge in [-0.3, -0.25) is 10.4 Å². The van der Waals surface area contributed by atoms with E-state index < -0.39 is 11.7 Å². The fraction of sp³-hybridized carbons (Fsp3) is 0.214. The van der Waals surface area contributed by atoms with E-state index in [2.05, 4.69) is 20.5 Å². The summed E-state index contributed by atoms with van der Waals surface area (Å²) in [4.78, 5) is 7.49. The van der Waals surface area contributed by atoms with E-state index in [-0.39, 0.29) is 23.7 Å². The first kappa shape index (κ1) is 16.7. The first-order valence-corrected chi connectivity index (χ1v) is 6.43. The molecular formula is C14H13F3N4O2. The molecule has 0 aliphatic carbocycles. The summed E-state index contributed by atoms with van der Waals surface area (Å²) in [5.74, 6) is -0.0347. The second-order valence-corrected chi connectivity index (χ2v) is 4.59. The molecule has 0 spiro atoms. The normalized spacial score (nSPS) is 11.9. The molecule has 0 aromatic carbocycles. The number of aliphatic hydroxyl groups excluding tert-OH is 1. The van der Waals surface area contributed by atoms with E-state index in [1.54, 1.807) is 6.92 Å². The molecule has 2 heterocycles. The molecule has 2 aromatic rings. The minimum atomic E-state index is -4.45. The number of alkyl halides is 3. The summed E-state index contributed by atoms with van der Waals surface area (Å²) in [5, 5.41) is 22.9. The second-order valence-electron chi connectivity index (χ2n) is 4.59. The Hall–Kier alpha value is -2.68. The van der Waals surface area contributed by atoms with Crippen LogP contribution in [0, 0.1) is 6.92 Å². The molecule has 0 saturated carbocycles. The lowest BCUT2D eigenvalue weighted by Crippen LogP contribution is -2.06. The van der Waals surface area contributed by atoms with E-state index in [0.29, 0.717) is 17.5 Å². The van der Waals surface area contributed by atoms with Crippen molar-refractivity contribution in [2.45, 2.75) is 19.7 Å². The number of pyridine rings is 2. The molecule has 3 N–H and O–H groups in total. The highest BCUT2D eigenvalue weighted by Gasteiger charge is 2.30. The maximum absolute atomic E-state index is 12.4. The van der Waals surface area contributed by atoms with Gasteiger partial charge < -0.3 is 10.2 Å². The van der Waals surface area contributed by atoms with Gasteiger partial charge in [0.15, 0.2) is 0 Å². The van der Waals surface area contributed by atoms with E-state index in [4.69, 9.17) is 0 Å². The van der Waals surface area contributed by atoms with Gasteiger partial charge in [-0.2, -0.15) is 18.3 Å². The van der Waals surface area contributed by atoms with Crippen LogP contribution in [0.2, 0.25) is 0 Å². The maximum Gasteiger partial charge on any atom is 0.417 e. The van der Waals surface area contributed by atoms with Gasteiger partial charge in [0, 0.05) is 23.5 Å². The molecule has 0 bridgehead atoms. The standard InChI is InChI=1S/C14H13F3N4O2/c1-8-13(23)11(9(7-22)4-18-8)6-20-21-12-3-2-10(5-19-12)14(15,16)17/h2-6,22-23H,7H2,1H3,(H,19,21)/b20-6+. The average Bonchev–Trinajstić information content (AvgIpc) is 2.51. The number of halogens is 3. The zero-order valence-corrected chi connectivity index (χ0v) is 12.0. The Bertz CT molecular complexity index is 715. The summed E-state index contributed by atoms with van der Waals surface area (Å²) in [6.45, 7) is 1.24. The molecule has 0 aliphatic rings. The van der Waals surface area contributed by atoms with Gasteiger partial charge in [0.2, 0.25) is 0 Å². The molecular weight excluding hydrogens is 313 g/mol. The van der Waals surface area contributed by atoms with Crippen molar-refractivity contribution in [2.75, 3.05) is 5.43 Å². The fourth-order valence-corrected chi connectivity index (χ4v) is 1.71. The molecule has 23 heavy (non-hydrogen) atoms. The van der Waals surface area contributed by atoms with Crippen LogP contribution in [0.4, 0.5) is 19.0 Å². The number of hydrogen-bond acceptors (Lipinski definition) is 6. The number of aromatic nitrogens is 2. The Morgan fingerprint density at radius 2 is 2.00 bits per heavy atom. The molecule has 0 aliphatic heterocycles. The van der Waals surface area contributed by atoms with Gasteiger partial charge in [0.1, 0.15) is 11.6 Å². The van der Waals surface area contributed by atoms with Crippen LogP contribution in [-0.4, -0.2) is 26.4 Å². The number of aryl methyl sites for hydroxylation is 1. The summed E-state index contributed by atoms with van der Waals surface area (Å²) in [6.07, 6.45) is -1.14. The Balaban J connectivity index is 2.15. The number of hydrazone groups is 1. The lowest BCUT2D eigenvalue weighted by Gasteiger charge is -2.08. The molecule has 0 radical (unpaired) electrons. The van der Waals surface area contributed by atoms with E-state index in [9.17, 15) is 23.4 Å². The highest BCUT2D eigenvalue weighted by atomic mass is 19.4. The minimum Gasteiger partial charge on any atom is -0.505 e. The maximum atomic E-state index is 12.4. The molecule has 2 aromatic heterocycles. The van der Waals surface area contributed by atoms with Crippen molar-refractivity contribution >= 4 is 12.0 Å². The first-order valence-electron chi connectivity index (χ1n) is 6.43. The highest BCUT2D eigenvalue weighted by Crippen LogP contribution is 2.28. The molecule has 2 rings (SSSR count). The smallest absolute Gasteiger partial charge is 0.417 e. The molecule has 0 fully saturated rings. The third-order valence-electron chi connectivity index (χ3n) is 2.99. The number of nitrogens with zero attached hydrogens (tertiary/aromatic N) is 3. The van der Waals surface area contributed by atoms with E-state index in [1.807, 2.05) is 0 Å². The van der Waals surface area contributed by atoms with Crippen molar-refractivity contribution < 1.29 is 23.4 Å². The van der Waals surface area contributed by atoms with Gasteiger partial charge in [-0.25, -0.2) is 4.98 Å². The van der Waals surface area contributed by atoms with E-state index in [0.717, 1.165) is 12.1 Å². The van der Waals surface area contributed by atoms with Crippen LogP contribution in [0.5, 0.6) is 5.75 Å². The van der Waals surface area contributed by atoms with Crippen LogP contribution in [0.3, 0.4) is 0 Å². The summed E-state index contributed by atoms with van der Waals surface area (Å²) < 4.78 is 37.2. The van der Waals surface area contributed by atoms with Crippen LogP contribution in [0.1, 0.15) is 22.4 Å². The minimum absolute atomic E-state index is 0.102. The summed E-state index contributed by atoms with van der Waals surface area (Å²) in [6, 6.07) is 2.00. The number of nitrogens with one attached hydrogen (secondary N) is 1. The van der Waals surface area contributed by atoms with Crippen LogP contribution in [0.25, 0.3) is 0 Å². The topological polar surface area (TPSA) is 90.6 Å². The van der Waals surface area contributed by atoms with Crippen LogP contribution >= 0.6 is 0 Å². The van der Waals surface area contributed by atoms with Crippen molar-refractivity contribution in [1.29, 1.82) is 0 Å². The number of aliphatic hydroxyl groups is 1. The summed E-state index contributed by atoms with van der Waals surface area (Å²) >= 11 is 0. The number of rotatable bonds is 4. The van der Waals surface area contributed by atoms with Crippen molar-refractivity contribution in [3.63, 3.8) is 0 Å². The Kier molecular flexibility index (Phi) is 4.80. The zero-order chi connectivity index (χ0) is 17.0.